The lowest BCUT2D eigenvalue weighted by atomic mass is 10.3. The minimum atomic E-state index is -0.348. The van der Waals surface area contributed by atoms with Gasteiger partial charge in [-0.15, -0.1) is 11.3 Å². The van der Waals surface area contributed by atoms with Crippen LogP contribution in [0.25, 0.3) is 0 Å². The lowest BCUT2D eigenvalue weighted by Gasteiger charge is -2.21. The molecule has 1 atom stereocenters. The molecule has 1 N–H and O–H groups in total. The fraction of sp³-hybridized carbons (Fsp3) is 0.692. The van der Waals surface area contributed by atoms with Crippen molar-refractivity contribution in [1.29, 1.82) is 0 Å². The van der Waals surface area contributed by atoms with Crippen LogP contribution in [0.1, 0.15) is 37.2 Å². The van der Waals surface area contributed by atoms with Gasteiger partial charge < -0.3 is 15.0 Å². The zero-order chi connectivity index (χ0) is 13.7. The van der Waals surface area contributed by atoms with Crippen LogP contribution < -0.4 is 5.32 Å². The first-order valence-corrected chi connectivity index (χ1v) is 7.68. The number of likely N-dealkylation sites (tertiary alicyclic amines) is 1. The van der Waals surface area contributed by atoms with E-state index in [4.69, 9.17) is 4.74 Å². The van der Waals surface area contributed by atoms with Gasteiger partial charge in [-0.05, 0) is 39.8 Å². The van der Waals surface area contributed by atoms with E-state index in [1.165, 1.54) is 37.3 Å². The van der Waals surface area contributed by atoms with Crippen molar-refractivity contribution in [3.05, 3.63) is 11.2 Å². The lowest BCUT2D eigenvalue weighted by molar-refractivity contribution is 0.0521. The Bertz CT molecular complexity index is 416. The van der Waals surface area contributed by atoms with Crippen molar-refractivity contribution in [2.45, 2.75) is 32.7 Å². The van der Waals surface area contributed by atoms with Gasteiger partial charge in [-0.25, -0.2) is 9.78 Å². The molecule has 1 aromatic rings. The SMILES string of the molecule is CCOC(=O)c1ncsc1NC(C)CN1CCCC1. The summed E-state index contributed by atoms with van der Waals surface area (Å²) in [6.07, 6.45) is 2.59. The summed E-state index contributed by atoms with van der Waals surface area (Å²) in [6, 6.07) is 0.298. The third-order valence-electron chi connectivity index (χ3n) is 3.14. The van der Waals surface area contributed by atoms with Crippen LogP contribution in [0.3, 0.4) is 0 Å². The molecule has 6 heteroatoms. The summed E-state index contributed by atoms with van der Waals surface area (Å²) >= 11 is 1.45. The molecule has 1 saturated heterocycles. The highest BCUT2D eigenvalue weighted by molar-refractivity contribution is 7.14. The molecule has 0 aliphatic carbocycles. The van der Waals surface area contributed by atoms with Crippen molar-refractivity contribution in [3.8, 4) is 0 Å². The van der Waals surface area contributed by atoms with Gasteiger partial charge in [0.05, 0.1) is 12.1 Å². The van der Waals surface area contributed by atoms with E-state index in [2.05, 4.69) is 22.1 Å². The summed E-state index contributed by atoms with van der Waals surface area (Å²) in [5.41, 5.74) is 2.08. The van der Waals surface area contributed by atoms with Crippen molar-refractivity contribution in [2.24, 2.45) is 0 Å². The molecule has 2 heterocycles. The zero-order valence-electron chi connectivity index (χ0n) is 11.5. The number of carbonyl (C=O) groups excluding carboxylic acids is 1. The maximum Gasteiger partial charge on any atom is 0.360 e. The minimum absolute atomic E-state index is 0.298. The molecule has 1 aliphatic rings. The molecule has 0 radical (unpaired) electrons. The van der Waals surface area contributed by atoms with Gasteiger partial charge in [-0.3, -0.25) is 0 Å². The molecule has 0 spiro atoms. The summed E-state index contributed by atoms with van der Waals surface area (Å²) in [5, 5.41) is 4.18. The highest BCUT2D eigenvalue weighted by Crippen LogP contribution is 2.22. The third-order valence-corrected chi connectivity index (χ3v) is 3.90. The number of hydrogen-bond donors (Lipinski definition) is 1. The summed E-state index contributed by atoms with van der Waals surface area (Å²) in [6.45, 7) is 7.67. The van der Waals surface area contributed by atoms with Crippen LogP contribution >= 0.6 is 11.3 Å². The van der Waals surface area contributed by atoms with Crippen molar-refractivity contribution in [1.82, 2.24) is 9.88 Å². The quantitative estimate of drug-likeness (QED) is 0.811. The van der Waals surface area contributed by atoms with Crippen molar-refractivity contribution in [2.75, 3.05) is 31.6 Å². The summed E-state index contributed by atoms with van der Waals surface area (Å²) in [7, 11) is 0. The van der Waals surface area contributed by atoms with E-state index in [0.717, 1.165) is 11.5 Å². The van der Waals surface area contributed by atoms with Crippen LogP contribution in [0, 0.1) is 0 Å². The number of aromatic nitrogens is 1. The molecule has 1 fully saturated rings. The lowest BCUT2D eigenvalue weighted by Crippen LogP contribution is -2.33. The van der Waals surface area contributed by atoms with E-state index < -0.39 is 0 Å². The van der Waals surface area contributed by atoms with Crippen LogP contribution in [-0.2, 0) is 4.74 Å². The number of hydrogen-bond acceptors (Lipinski definition) is 6. The molecule has 1 aromatic heterocycles. The molecule has 2 rings (SSSR count). The van der Waals surface area contributed by atoms with Gasteiger partial charge in [0, 0.05) is 12.6 Å². The topological polar surface area (TPSA) is 54.5 Å². The van der Waals surface area contributed by atoms with E-state index in [1.807, 2.05) is 0 Å². The Labute approximate surface area is 118 Å². The van der Waals surface area contributed by atoms with Gasteiger partial charge in [0.1, 0.15) is 5.00 Å². The zero-order valence-corrected chi connectivity index (χ0v) is 12.3. The molecule has 0 amide bonds. The van der Waals surface area contributed by atoms with Gasteiger partial charge in [-0.1, -0.05) is 0 Å². The smallest absolute Gasteiger partial charge is 0.360 e. The highest BCUT2D eigenvalue weighted by atomic mass is 32.1. The fourth-order valence-corrected chi connectivity index (χ4v) is 3.10. The van der Waals surface area contributed by atoms with Crippen molar-refractivity contribution >= 4 is 22.3 Å². The van der Waals surface area contributed by atoms with Crippen LogP contribution in [0.2, 0.25) is 0 Å². The average molecular weight is 283 g/mol. The largest absolute Gasteiger partial charge is 0.461 e. The maximum atomic E-state index is 11.7. The van der Waals surface area contributed by atoms with E-state index >= 15 is 0 Å². The normalized spacial score (nSPS) is 17.4. The standard InChI is InChI=1S/C13H21N3O2S/c1-3-18-13(17)11-12(19-9-14-11)15-10(2)8-16-6-4-5-7-16/h9-10,15H,3-8H2,1-2H3. The molecule has 106 valence electrons. The predicted octanol–water partition coefficient (Wildman–Crippen LogP) is 2.22. The highest BCUT2D eigenvalue weighted by Gasteiger charge is 2.19. The number of nitrogens with one attached hydrogen (secondary N) is 1. The molecule has 1 aliphatic heterocycles. The van der Waals surface area contributed by atoms with Gasteiger partial charge in [-0.2, -0.15) is 0 Å². The van der Waals surface area contributed by atoms with Gasteiger partial charge in [0.15, 0.2) is 5.69 Å². The summed E-state index contributed by atoms with van der Waals surface area (Å²) < 4.78 is 5.00. The number of anilines is 1. The Morgan fingerprint density at radius 3 is 3.00 bits per heavy atom. The fourth-order valence-electron chi connectivity index (χ4n) is 2.32. The average Bonchev–Trinajstić information content (AvgIpc) is 3.00. The molecule has 0 saturated carbocycles. The third kappa shape index (κ3) is 3.91. The van der Waals surface area contributed by atoms with Crippen LogP contribution in [0.15, 0.2) is 5.51 Å². The van der Waals surface area contributed by atoms with Gasteiger partial charge in [0.25, 0.3) is 0 Å². The maximum absolute atomic E-state index is 11.7. The second-order valence-electron chi connectivity index (χ2n) is 4.80. The number of thiazole rings is 1. The first-order valence-electron chi connectivity index (χ1n) is 6.80. The van der Waals surface area contributed by atoms with E-state index in [1.54, 1.807) is 12.4 Å². The number of rotatable bonds is 6. The summed E-state index contributed by atoms with van der Waals surface area (Å²) in [4.78, 5) is 18.3. The van der Waals surface area contributed by atoms with Crippen molar-refractivity contribution in [3.63, 3.8) is 0 Å². The van der Waals surface area contributed by atoms with Crippen LogP contribution in [0.4, 0.5) is 5.00 Å². The molecule has 0 bridgehead atoms. The van der Waals surface area contributed by atoms with Crippen LogP contribution in [-0.4, -0.2) is 48.1 Å². The second kappa shape index (κ2) is 6.86. The Morgan fingerprint density at radius 2 is 2.32 bits per heavy atom. The van der Waals surface area contributed by atoms with E-state index in [-0.39, 0.29) is 5.97 Å². The van der Waals surface area contributed by atoms with Gasteiger partial charge in [0.2, 0.25) is 0 Å². The Morgan fingerprint density at radius 1 is 1.58 bits per heavy atom. The first-order chi connectivity index (χ1) is 9.20. The molecular weight excluding hydrogens is 262 g/mol. The van der Waals surface area contributed by atoms with Gasteiger partial charge >= 0.3 is 5.97 Å². The Hall–Kier alpha value is -1.14. The van der Waals surface area contributed by atoms with E-state index in [9.17, 15) is 4.79 Å². The minimum Gasteiger partial charge on any atom is -0.461 e. The number of carbonyl (C=O) groups is 1. The summed E-state index contributed by atoms with van der Waals surface area (Å²) in [5.74, 6) is -0.348. The second-order valence-corrected chi connectivity index (χ2v) is 5.66. The predicted molar refractivity (Wildman–Crippen MR) is 76.8 cm³/mol. The Kier molecular flexibility index (Phi) is 5.15. The molecule has 19 heavy (non-hydrogen) atoms. The molecule has 1 unspecified atom stereocenters. The molecule has 0 aromatic carbocycles. The molecular formula is C13H21N3O2S. The number of esters is 1. The van der Waals surface area contributed by atoms with Crippen molar-refractivity contribution < 1.29 is 9.53 Å². The van der Waals surface area contributed by atoms with E-state index in [0.29, 0.717) is 18.3 Å². The Balaban J connectivity index is 1.91. The molecule has 5 nitrogen and oxygen atoms in total. The first kappa shape index (κ1) is 14.3. The number of ether oxygens (including phenoxy) is 1. The monoisotopic (exact) mass is 283 g/mol. The van der Waals surface area contributed by atoms with Crippen LogP contribution in [0.5, 0.6) is 0 Å². The number of nitrogens with zero attached hydrogens (tertiary/aromatic N) is 2.